The van der Waals surface area contributed by atoms with Gasteiger partial charge in [-0.3, -0.25) is 4.90 Å². The van der Waals surface area contributed by atoms with Crippen molar-refractivity contribution >= 4 is 0 Å². The third-order valence-corrected chi connectivity index (χ3v) is 3.08. The van der Waals surface area contributed by atoms with Crippen LogP contribution in [0.2, 0.25) is 0 Å². The van der Waals surface area contributed by atoms with Gasteiger partial charge in [0, 0.05) is 12.1 Å². The smallest absolute Gasteiger partial charge is 0.0685 e. The Hall–Kier alpha value is -0.120. The normalized spacial score (nSPS) is 44.7. The highest BCUT2D eigenvalue weighted by atomic mass is 16.3. The summed E-state index contributed by atoms with van der Waals surface area (Å²) in [6.07, 6.45) is 2.79. The van der Waals surface area contributed by atoms with E-state index in [-0.39, 0.29) is 18.2 Å². The second kappa shape index (κ2) is 2.44. The maximum absolute atomic E-state index is 9.38. The minimum atomic E-state index is -0.206. The number of fused-ring (bicyclic) bond motifs is 1. The van der Waals surface area contributed by atoms with Crippen molar-refractivity contribution in [2.45, 2.75) is 30.9 Å². The molecule has 2 aliphatic heterocycles. The van der Waals surface area contributed by atoms with Crippen LogP contribution in [0, 0.1) is 0 Å². The van der Waals surface area contributed by atoms with E-state index in [4.69, 9.17) is 0 Å². The molecule has 2 aliphatic rings. The summed E-state index contributed by atoms with van der Waals surface area (Å²) in [6, 6.07) is 0. The monoisotopic (exact) mass is 157 g/mol. The maximum atomic E-state index is 9.38. The van der Waals surface area contributed by atoms with Crippen LogP contribution in [-0.2, 0) is 0 Å². The molecule has 2 rings (SSSR count). The van der Waals surface area contributed by atoms with E-state index in [1.807, 2.05) is 0 Å². The molecule has 2 saturated heterocycles. The molecule has 2 N–H and O–H groups in total. The third kappa shape index (κ3) is 0.991. The van der Waals surface area contributed by atoms with Gasteiger partial charge in [-0.2, -0.15) is 0 Å². The first-order valence-corrected chi connectivity index (χ1v) is 4.31. The number of nitrogens with zero attached hydrogens (tertiary/aromatic N) is 1. The Morgan fingerprint density at radius 2 is 2.36 bits per heavy atom. The molecule has 0 amide bonds. The maximum Gasteiger partial charge on any atom is 0.0685 e. The standard InChI is InChI=1S/C8H15NO2/c10-6-8-2-1-3-9(8)5-7(11)4-8/h7,10-11H,1-6H2/t7-,8-/m0/s1. The molecule has 0 aromatic heterocycles. The van der Waals surface area contributed by atoms with Gasteiger partial charge in [-0.15, -0.1) is 0 Å². The second-order valence-corrected chi connectivity index (χ2v) is 3.79. The van der Waals surface area contributed by atoms with Crippen molar-refractivity contribution in [2.24, 2.45) is 0 Å². The first-order chi connectivity index (χ1) is 5.27. The van der Waals surface area contributed by atoms with Crippen molar-refractivity contribution in [1.82, 2.24) is 4.90 Å². The van der Waals surface area contributed by atoms with Gasteiger partial charge in [-0.05, 0) is 25.8 Å². The van der Waals surface area contributed by atoms with Gasteiger partial charge in [0.05, 0.1) is 12.7 Å². The molecular weight excluding hydrogens is 142 g/mol. The average molecular weight is 157 g/mol. The Labute approximate surface area is 66.6 Å². The van der Waals surface area contributed by atoms with Crippen molar-refractivity contribution < 1.29 is 10.2 Å². The van der Waals surface area contributed by atoms with Gasteiger partial charge in [-0.1, -0.05) is 0 Å². The lowest BCUT2D eigenvalue weighted by atomic mass is 9.95. The van der Waals surface area contributed by atoms with E-state index >= 15 is 0 Å². The van der Waals surface area contributed by atoms with Crippen LogP contribution in [0.25, 0.3) is 0 Å². The molecule has 64 valence electrons. The summed E-state index contributed by atoms with van der Waals surface area (Å²) < 4.78 is 0. The first-order valence-electron chi connectivity index (χ1n) is 4.31. The van der Waals surface area contributed by atoms with Gasteiger partial charge in [0.25, 0.3) is 0 Å². The number of rotatable bonds is 1. The van der Waals surface area contributed by atoms with Gasteiger partial charge in [0.1, 0.15) is 0 Å². The lowest BCUT2D eigenvalue weighted by Crippen LogP contribution is -2.41. The molecule has 3 nitrogen and oxygen atoms in total. The fourth-order valence-corrected chi connectivity index (χ4v) is 2.51. The predicted octanol–water partition coefficient (Wildman–Crippen LogP) is -0.422. The Kier molecular flexibility index (Phi) is 1.67. The zero-order chi connectivity index (χ0) is 7.90. The van der Waals surface area contributed by atoms with Crippen LogP contribution >= 0.6 is 0 Å². The molecule has 0 bridgehead atoms. The summed E-state index contributed by atoms with van der Waals surface area (Å²) in [6.45, 7) is 2.03. The topological polar surface area (TPSA) is 43.7 Å². The molecule has 11 heavy (non-hydrogen) atoms. The molecule has 3 heteroatoms. The number of hydrogen-bond acceptors (Lipinski definition) is 3. The van der Waals surface area contributed by atoms with Crippen LogP contribution in [0.4, 0.5) is 0 Å². The van der Waals surface area contributed by atoms with E-state index in [0.717, 1.165) is 25.9 Å². The highest BCUT2D eigenvalue weighted by molar-refractivity contribution is 5.02. The van der Waals surface area contributed by atoms with Crippen LogP contribution in [0.5, 0.6) is 0 Å². The fraction of sp³-hybridized carbons (Fsp3) is 1.00. The number of aliphatic hydroxyl groups is 2. The molecule has 0 spiro atoms. The lowest BCUT2D eigenvalue weighted by molar-refractivity contribution is 0.0990. The molecule has 2 heterocycles. The van der Waals surface area contributed by atoms with Gasteiger partial charge >= 0.3 is 0 Å². The number of β-amino-alcohol motifs (C(OH)–C–C–N with tert-alkyl or cyclic N) is 1. The Balaban J connectivity index is 2.15. The fourth-order valence-electron chi connectivity index (χ4n) is 2.51. The van der Waals surface area contributed by atoms with E-state index in [1.54, 1.807) is 0 Å². The van der Waals surface area contributed by atoms with E-state index < -0.39 is 0 Å². The van der Waals surface area contributed by atoms with Crippen molar-refractivity contribution in [3.63, 3.8) is 0 Å². The molecule has 2 atom stereocenters. The highest BCUT2D eigenvalue weighted by Crippen LogP contribution is 2.38. The van der Waals surface area contributed by atoms with Crippen LogP contribution in [0.3, 0.4) is 0 Å². The van der Waals surface area contributed by atoms with Crippen molar-refractivity contribution in [1.29, 1.82) is 0 Å². The summed E-state index contributed by atoms with van der Waals surface area (Å²) in [4.78, 5) is 2.23. The van der Waals surface area contributed by atoms with Gasteiger partial charge in [0.15, 0.2) is 0 Å². The van der Waals surface area contributed by atoms with Crippen molar-refractivity contribution in [3.05, 3.63) is 0 Å². The Bertz CT molecular complexity index is 162. The average Bonchev–Trinajstić information content (AvgIpc) is 2.43. The summed E-state index contributed by atoms with van der Waals surface area (Å²) >= 11 is 0. The molecule has 0 aromatic rings. The van der Waals surface area contributed by atoms with E-state index in [0.29, 0.717) is 0 Å². The molecule has 0 aliphatic carbocycles. The quantitative estimate of drug-likeness (QED) is 0.543. The van der Waals surface area contributed by atoms with Gasteiger partial charge < -0.3 is 10.2 Å². The number of aliphatic hydroxyl groups excluding tert-OH is 2. The van der Waals surface area contributed by atoms with E-state index in [9.17, 15) is 10.2 Å². The molecule has 2 fully saturated rings. The summed E-state index contributed by atoms with van der Waals surface area (Å²) in [7, 11) is 0. The van der Waals surface area contributed by atoms with Crippen LogP contribution < -0.4 is 0 Å². The Morgan fingerprint density at radius 3 is 3.00 bits per heavy atom. The zero-order valence-corrected chi connectivity index (χ0v) is 6.66. The second-order valence-electron chi connectivity index (χ2n) is 3.79. The van der Waals surface area contributed by atoms with Crippen LogP contribution in [0.15, 0.2) is 0 Å². The largest absolute Gasteiger partial charge is 0.394 e. The van der Waals surface area contributed by atoms with Gasteiger partial charge in [0.2, 0.25) is 0 Å². The Morgan fingerprint density at radius 1 is 1.55 bits per heavy atom. The molecule has 0 unspecified atom stereocenters. The van der Waals surface area contributed by atoms with Gasteiger partial charge in [-0.25, -0.2) is 0 Å². The molecule has 0 aromatic carbocycles. The highest BCUT2D eigenvalue weighted by Gasteiger charge is 2.47. The molecular formula is C8H15NO2. The summed E-state index contributed by atoms with van der Waals surface area (Å²) in [5, 5.41) is 18.6. The zero-order valence-electron chi connectivity index (χ0n) is 6.66. The first kappa shape index (κ1) is 7.53. The van der Waals surface area contributed by atoms with Crippen LogP contribution in [0.1, 0.15) is 19.3 Å². The molecule has 0 saturated carbocycles. The molecule has 0 radical (unpaired) electrons. The van der Waals surface area contributed by atoms with E-state index in [1.165, 1.54) is 6.42 Å². The van der Waals surface area contributed by atoms with Crippen molar-refractivity contribution in [3.8, 4) is 0 Å². The summed E-state index contributed by atoms with van der Waals surface area (Å²) in [5.74, 6) is 0. The minimum absolute atomic E-state index is 0.0422. The third-order valence-electron chi connectivity index (χ3n) is 3.08. The van der Waals surface area contributed by atoms with E-state index in [2.05, 4.69) is 4.90 Å². The minimum Gasteiger partial charge on any atom is -0.394 e. The predicted molar refractivity (Wildman–Crippen MR) is 41.2 cm³/mol. The summed E-state index contributed by atoms with van der Waals surface area (Å²) in [5.41, 5.74) is -0.0422. The number of hydrogen-bond donors (Lipinski definition) is 2. The SMILES string of the molecule is OC[C@@]12CCCN1C[C@@H](O)C2. The van der Waals surface area contributed by atoms with Crippen LogP contribution in [-0.4, -0.2) is 46.5 Å². The lowest BCUT2D eigenvalue weighted by Gasteiger charge is -2.28. The van der Waals surface area contributed by atoms with Crippen molar-refractivity contribution in [2.75, 3.05) is 19.7 Å².